The molecule has 3 nitrogen and oxygen atoms in total. The Bertz CT molecular complexity index is 178. The van der Waals surface area contributed by atoms with Gasteiger partial charge in [-0.3, -0.25) is 5.10 Å². The zero-order chi connectivity index (χ0) is 7.94. The molecule has 11 heavy (non-hydrogen) atoms. The van der Waals surface area contributed by atoms with Crippen molar-refractivity contribution >= 4 is 23.4 Å². The monoisotopic (exact) mass is 191 g/mol. The number of aromatic amines is 1. The first kappa shape index (κ1) is 8.87. The molecule has 0 fully saturated rings. The van der Waals surface area contributed by atoms with Crippen LogP contribution in [-0.2, 0) is 0 Å². The van der Waals surface area contributed by atoms with Gasteiger partial charge in [0.05, 0.1) is 0 Å². The van der Waals surface area contributed by atoms with Crippen molar-refractivity contribution in [1.29, 1.82) is 0 Å². The van der Waals surface area contributed by atoms with Gasteiger partial charge in [-0.25, -0.2) is 4.98 Å². The molecule has 1 N–H and O–H groups in total. The number of H-pyrrole nitrogens is 1. The summed E-state index contributed by atoms with van der Waals surface area (Å²) in [5.74, 6) is 1.80. The van der Waals surface area contributed by atoms with E-state index in [0.717, 1.165) is 29.6 Å². The highest BCUT2D eigenvalue weighted by Gasteiger charge is 1.94. The van der Waals surface area contributed by atoms with Crippen molar-refractivity contribution in [2.45, 2.75) is 18.0 Å². The van der Waals surface area contributed by atoms with Crippen molar-refractivity contribution in [3.8, 4) is 0 Å². The number of hydrogen-bond acceptors (Lipinski definition) is 3. The summed E-state index contributed by atoms with van der Waals surface area (Å²) in [6.07, 6.45) is 3.72. The fraction of sp³-hybridized carbons (Fsp3) is 0.667. The molecule has 0 aliphatic rings. The van der Waals surface area contributed by atoms with Crippen LogP contribution >= 0.6 is 23.4 Å². The van der Waals surface area contributed by atoms with Crippen LogP contribution in [0.1, 0.15) is 12.8 Å². The molecule has 0 aliphatic heterocycles. The van der Waals surface area contributed by atoms with Gasteiger partial charge in [-0.2, -0.15) is 5.10 Å². The summed E-state index contributed by atoms with van der Waals surface area (Å²) in [7, 11) is 0. The summed E-state index contributed by atoms with van der Waals surface area (Å²) in [5.41, 5.74) is 0. The molecule has 0 amide bonds. The van der Waals surface area contributed by atoms with Crippen LogP contribution in [0.3, 0.4) is 0 Å². The van der Waals surface area contributed by atoms with E-state index in [2.05, 4.69) is 15.2 Å². The summed E-state index contributed by atoms with van der Waals surface area (Å²) in [4.78, 5) is 3.98. The molecule has 1 rings (SSSR count). The van der Waals surface area contributed by atoms with Crippen molar-refractivity contribution in [2.75, 3.05) is 11.6 Å². The van der Waals surface area contributed by atoms with Gasteiger partial charge >= 0.3 is 0 Å². The summed E-state index contributed by atoms with van der Waals surface area (Å²) in [5, 5.41) is 7.41. The quantitative estimate of drug-likeness (QED) is 0.439. The van der Waals surface area contributed by atoms with E-state index in [1.165, 1.54) is 6.33 Å². The molecule has 0 radical (unpaired) electrons. The van der Waals surface area contributed by atoms with Crippen molar-refractivity contribution in [3.05, 3.63) is 6.33 Å². The van der Waals surface area contributed by atoms with Gasteiger partial charge in [-0.1, -0.05) is 11.8 Å². The Balaban J connectivity index is 2.04. The molecule has 0 atom stereocenters. The maximum absolute atomic E-state index is 5.52. The summed E-state index contributed by atoms with van der Waals surface area (Å²) in [6, 6.07) is 0. The van der Waals surface area contributed by atoms with Crippen molar-refractivity contribution in [1.82, 2.24) is 15.2 Å². The Morgan fingerprint density at radius 2 is 2.45 bits per heavy atom. The number of aromatic nitrogens is 3. The Kier molecular flexibility index (Phi) is 4.38. The van der Waals surface area contributed by atoms with Gasteiger partial charge in [0.25, 0.3) is 0 Å². The van der Waals surface area contributed by atoms with Gasteiger partial charge in [0.15, 0.2) is 5.16 Å². The van der Waals surface area contributed by atoms with E-state index in [9.17, 15) is 0 Å². The van der Waals surface area contributed by atoms with Crippen LogP contribution in [0.4, 0.5) is 0 Å². The Labute approximate surface area is 74.9 Å². The molecule has 0 spiro atoms. The molecule has 1 aromatic rings. The van der Waals surface area contributed by atoms with Crippen LogP contribution in [0, 0.1) is 0 Å². The third kappa shape index (κ3) is 3.62. The average molecular weight is 192 g/mol. The molecule has 1 heterocycles. The number of rotatable bonds is 5. The van der Waals surface area contributed by atoms with Gasteiger partial charge in [0.2, 0.25) is 0 Å². The molecule has 0 unspecified atom stereocenters. The van der Waals surface area contributed by atoms with Crippen LogP contribution in [0.2, 0.25) is 0 Å². The molecule has 0 saturated carbocycles. The first-order valence-corrected chi connectivity index (χ1v) is 4.99. The van der Waals surface area contributed by atoms with E-state index in [0.29, 0.717) is 0 Å². The van der Waals surface area contributed by atoms with Gasteiger partial charge in [-0.15, -0.1) is 11.6 Å². The zero-order valence-electron chi connectivity index (χ0n) is 6.09. The molecule has 62 valence electrons. The first-order valence-electron chi connectivity index (χ1n) is 3.47. The first-order chi connectivity index (χ1) is 5.43. The Hall–Kier alpha value is -0.220. The zero-order valence-corrected chi connectivity index (χ0v) is 7.66. The number of nitrogens with one attached hydrogen (secondary N) is 1. The lowest BCUT2D eigenvalue weighted by Gasteiger charge is -1.93. The predicted molar refractivity (Wildman–Crippen MR) is 47.1 cm³/mol. The molecule has 0 aliphatic carbocycles. The average Bonchev–Trinajstić information content (AvgIpc) is 2.50. The number of halogens is 1. The van der Waals surface area contributed by atoms with E-state index >= 15 is 0 Å². The fourth-order valence-corrected chi connectivity index (χ4v) is 1.60. The van der Waals surface area contributed by atoms with Gasteiger partial charge in [-0.05, 0) is 12.8 Å². The van der Waals surface area contributed by atoms with E-state index < -0.39 is 0 Å². The third-order valence-corrected chi connectivity index (χ3v) is 2.39. The standard InChI is InChI=1S/C6H10ClN3S/c7-3-1-2-4-11-6-8-5-9-10-6/h5H,1-4H2,(H,8,9,10). The fourth-order valence-electron chi connectivity index (χ4n) is 0.629. The van der Waals surface area contributed by atoms with E-state index in [4.69, 9.17) is 11.6 Å². The van der Waals surface area contributed by atoms with Crippen LogP contribution in [0.25, 0.3) is 0 Å². The van der Waals surface area contributed by atoms with E-state index in [1.54, 1.807) is 11.8 Å². The minimum Gasteiger partial charge on any atom is -0.254 e. The van der Waals surface area contributed by atoms with Crippen LogP contribution in [-0.4, -0.2) is 26.8 Å². The molecule has 0 bridgehead atoms. The normalized spacial score (nSPS) is 10.3. The second-order valence-electron chi connectivity index (χ2n) is 2.04. The van der Waals surface area contributed by atoms with Crippen LogP contribution in [0.5, 0.6) is 0 Å². The molecule has 5 heteroatoms. The second-order valence-corrected chi connectivity index (χ2v) is 3.50. The Morgan fingerprint density at radius 3 is 3.09 bits per heavy atom. The molecular weight excluding hydrogens is 182 g/mol. The highest BCUT2D eigenvalue weighted by molar-refractivity contribution is 7.99. The molecule has 0 aromatic carbocycles. The number of alkyl halides is 1. The van der Waals surface area contributed by atoms with E-state index in [1.807, 2.05) is 0 Å². The van der Waals surface area contributed by atoms with Crippen molar-refractivity contribution < 1.29 is 0 Å². The molecular formula is C6H10ClN3S. The van der Waals surface area contributed by atoms with Gasteiger partial charge < -0.3 is 0 Å². The number of unbranched alkanes of at least 4 members (excludes halogenated alkanes) is 1. The predicted octanol–water partition coefficient (Wildman–Crippen LogP) is 1.92. The maximum Gasteiger partial charge on any atom is 0.183 e. The molecule has 0 saturated heterocycles. The highest BCUT2D eigenvalue weighted by Crippen LogP contribution is 2.12. The summed E-state index contributed by atoms with van der Waals surface area (Å²) < 4.78 is 0. The van der Waals surface area contributed by atoms with Crippen molar-refractivity contribution in [2.24, 2.45) is 0 Å². The van der Waals surface area contributed by atoms with Crippen LogP contribution in [0.15, 0.2) is 11.5 Å². The lowest BCUT2D eigenvalue weighted by Crippen LogP contribution is -1.82. The lowest BCUT2D eigenvalue weighted by atomic mass is 10.4. The molecule has 1 aromatic heterocycles. The second kappa shape index (κ2) is 5.43. The van der Waals surface area contributed by atoms with Crippen molar-refractivity contribution in [3.63, 3.8) is 0 Å². The smallest absolute Gasteiger partial charge is 0.183 e. The summed E-state index contributed by atoms with van der Waals surface area (Å²) >= 11 is 7.20. The Morgan fingerprint density at radius 1 is 1.55 bits per heavy atom. The highest BCUT2D eigenvalue weighted by atomic mass is 35.5. The number of hydrogen-bond donors (Lipinski definition) is 1. The maximum atomic E-state index is 5.52. The van der Waals surface area contributed by atoms with Gasteiger partial charge in [0.1, 0.15) is 6.33 Å². The van der Waals surface area contributed by atoms with E-state index in [-0.39, 0.29) is 0 Å². The third-order valence-electron chi connectivity index (χ3n) is 1.16. The topological polar surface area (TPSA) is 41.6 Å². The minimum absolute atomic E-state index is 0.747. The number of thioether (sulfide) groups is 1. The largest absolute Gasteiger partial charge is 0.254 e. The SMILES string of the molecule is ClCCCCSc1ncn[nH]1. The minimum atomic E-state index is 0.747. The summed E-state index contributed by atoms with van der Waals surface area (Å²) in [6.45, 7) is 0. The lowest BCUT2D eigenvalue weighted by molar-refractivity contribution is 0.895. The van der Waals surface area contributed by atoms with Gasteiger partial charge in [0, 0.05) is 11.6 Å². The van der Waals surface area contributed by atoms with Crippen LogP contribution < -0.4 is 0 Å². The number of nitrogens with zero attached hydrogens (tertiary/aromatic N) is 2.